The van der Waals surface area contributed by atoms with Gasteiger partial charge in [-0.3, -0.25) is 4.68 Å². The lowest BCUT2D eigenvalue weighted by molar-refractivity contribution is 0.163. The van der Waals surface area contributed by atoms with Gasteiger partial charge in [-0.1, -0.05) is 18.2 Å². The number of aliphatic hydroxyl groups excluding tert-OH is 1. The van der Waals surface area contributed by atoms with Crippen LogP contribution < -0.4 is 5.73 Å². The van der Waals surface area contributed by atoms with Crippen LogP contribution in [0.3, 0.4) is 0 Å². The van der Waals surface area contributed by atoms with Crippen LogP contribution in [0, 0.1) is 5.82 Å². The standard InChI is InChI=1S/C23H21FN8O/c1-32-12-14(9-28-32)19-11-27-22-21(29-19)15(10-26-22)17-8-18(31-23(25)30-17)20(33)7-6-13-4-2-3-5-16(13)24/h2-5,8-12,20,33H,6-7H2,1H3,(H,26,27)(H2,25,30,31)/t20-/m1/s1. The first-order valence-corrected chi connectivity index (χ1v) is 10.4. The number of H-pyrrole nitrogens is 1. The van der Waals surface area contributed by atoms with Crippen molar-refractivity contribution in [1.29, 1.82) is 0 Å². The van der Waals surface area contributed by atoms with Gasteiger partial charge in [0, 0.05) is 30.6 Å². The van der Waals surface area contributed by atoms with E-state index in [9.17, 15) is 9.50 Å². The minimum absolute atomic E-state index is 0.0261. The molecule has 0 amide bonds. The van der Waals surface area contributed by atoms with Gasteiger partial charge in [0.15, 0.2) is 5.65 Å². The molecule has 0 saturated heterocycles. The normalized spacial score (nSPS) is 12.3. The summed E-state index contributed by atoms with van der Waals surface area (Å²) in [6.07, 6.45) is 6.70. The maximum atomic E-state index is 13.9. The van der Waals surface area contributed by atoms with E-state index in [0.717, 1.165) is 5.56 Å². The van der Waals surface area contributed by atoms with E-state index in [1.54, 1.807) is 47.5 Å². The molecule has 0 aliphatic rings. The van der Waals surface area contributed by atoms with E-state index in [2.05, 4.69) is 25.0 Å². The fourth-order valence-corrected chi connectivity index (χ4v) is 3.71. The number of nitrogens with two attached hydrogens (primary N) is 1. The Kier molecular flexibility index (Phi) is 5.27. The van der Waals surface area contributed by atoms with Gasteiger partial charge in [0.25, 0.3) is 0 Å². The summed E-state index contributed by atoms with van der Waals surface area (Å²) in [5.41, 5.74) is 10.7. The van der Waals surface area contributed by atoms with Gasteiger partial charge in [0.2, 0.25) is 5.95 Å². The second-order valence-electron chi connectivity index (χ2n) is 7.74. The number of nitrogen functional groups attached to an aromatic ring is 1. The van der Waals surface area contributed by atoms with E-state index < -0.39 is 6.10 Å². The lowest BCUT2D eigenvalue weighted by atomic mass is 10.0. The molecule has 1 aromatic carbocycles. The summed E-state index contributed by atoms with van der Waals surface area (Å²) in [6, 6.07) is 8.18. The Morgan fingerprint density at radius 1 is 1.15 bits per heavy atom. The Balaban J connectivity index is 1.46. The van der Waals surface area contributed by atoms with Gasteiger partial charge in [-0.25, -0.2) is 24.3 Å². The van der Waals surface area contributed by atoms with Gasteiger partial charge < -0.3 is 15.8 Å². The predicted octanol–water partition coefficient (Wildman–Crippen LogP) is 3.20. The van der Waals surface area contributed by atoms with Crippen LogP contribution in [0.25, 0.3) is 33.7 Å². The SMILES string of the molecule is Cn1cc(-c2cnc3[nH]cc(-c4cc([C@H](O)CCc5ccccc5F)nc(N)n4)c3n2)cn1. The van der Waals surface area contributed by atoms with E-state index >= 15 is 0 Å². The summed E-state index contributed by atoms with van der Waals surface area (Å²) in [5, 5.41) is 14.9. The minimum atomic E-state index is -0.934. The zero-order valence-corrected chi connectivity index (χ0v) is 17.8. The van der Waals surface area contributed by atoms with Crippen molar-refractivity contribution in [3.05, 3.63) is 72.2 Å². The first-order chi connectivity index (χ1) is 16.0. The number of nitrogens with zero attached hydrogens (tertiary/aromatic N) is 6. The van der Waals surface area contributed by atoms with Gasteiger partial charge in [-0.2, -0.15) is 5.10 Å². The van der Waals surface area contributed by atoms with E-state index in [4.69, 9.17) is 10.7 Å². The molecule has 4 aromatic heterocycles. The van der Waals surface area contributed by atoms with E-state index in [0.29, 0.717) is 45.8 Å². The van der Waals surface area contributed by atoms with Crippen LogP contribution in [0.2, 0.25) is 0 Å². The Morgan fingerprint density at radius 2 is 2.00 bits per heavy atom. The summed E-state index contributed by atoms with van der Waals surface area (Å²) in [4.78, 5) is 20.8. The number of aromatic nitrogens is 7. The molecule has 1 atom stereocenters. The Labute approximate surface area is 188 Å². The highest BCUT2D eigenvalue weighted by molar-refractivity contribution is 5.90. The molecule has 0 radical (unpaired) electrons. The lowest BCUT2D eigenvalue weighted by Crippen LogP contribution is -2.07. The number of nitrogens with one attached hydrogen (secondary N) is 1. The molecule has 4 heterocycles. The van der Waals surface area contributed by atoms with E-state index in [1.807, 2.05) is 13.2 Å². The molecular formula is C23H21FN8O. The van der Waals surface area contributed by atoms with Crippen molar-refractivity contribution in [3.8, 4) is 22.5 Å². The number of hydrogen-bond acceptors (Lipinski definition) is 7. The van der Waals surface area contributed by atoms with E-state index in [-0.39, 0.29) is 18.2 Å². The molecule has 10 heteroatoms. The molecule has 0 aliphatic carbocycles. The molecule has 33 heavy (non-hydrogen) atoms. The molecule has 5 rings (SSSR count). The van der Waals surface area contributed by atoms with Crippen molar-refractivity contribution in [1.82, 2.24) is 34.7 Å². The Bertz CT molecular complexity index is 1440. The largest absolute Gasteiger partial charge is 0.387 e. The average Bonchev–Trinajstić information content (AvgIpc) is 3.43. The Hall–Kier alpha value is -4.18. The maximum absolute atomic E-state index is 13.9. The summed E-state index contributed by atoms with van der Waals surface area (Å²) in [5.74, 6) is -0.271. The monoisotopic (exact) mass is 444 g/mol. The zero-order chi connectivity index (χ0) is 22.9. The van der Waals surface area contributed by atoms with Gasteiger partial charge in [0.1, 0.15) is 11.3 Å². The molecule has 0 aliphatic heterocycles. The molecule has 0 unspecified atom stereocenters. The van der Waals surface area contributed by atoms with Gasteiger partial charge in [-0.15, -0.1) is 0 Å². The summed E-state index contributed by atoms with van der Waals surface area (Å²) in [7, 11) is 1.83. The molecule has 4 N–H and O–H groups in total. The first-order valence-electron chi connectivity index (χ1n) is 10.4. The number of anilines is 1. The highest BCUT2D eigenvalue weighted by atomic mass is 19.1. The van der Waals surface area contributed by atoms with Crippen molar-refractivity contribution in [3.63, 3.8) is 0 Å². The lowest BCUT2D eigenvalue weighted by Gasteiger charge is -2.12. The molecule has 166 valence electrons. The van der Waals surface area contributed by atoms with Crippen molar-refractivity contribution in [2.45, 2.75) is 18.9 Å². The smallest absolute Gasteiger partial charge is 0.220 e. The van der Waals surface area contributed by atoms with Crippen LogP contribution in [0.15, 0.2) is 55.1 Å². The fourth-order valence-electron chi connectivity index (χ4n) is 3.71. The maximum Gasteiger partial charge on any atom is 0.220 e. The van der Waals surface area contributed by atoms with Crippen LogP contribution in [-0.4, -0.2) is 39.8 Å². The number of halogens is 1. The van der Waals surface area contributed by atoms with Crippen LogP contribution in [0.5, 0.6) is 0 Å². The second-order valence-corrected chi connectivity index (χ2v) is 7.74. The van der Waals surface area contributed by atoms with Crippen LogP contribution >= 0.6 is 0 Å². The molecule has 9 nitrogen and oxygen atoms in total. The third kappa shape index (κ3) is 4.15. The number of aryl methyl sites for hydroxylation is 2. The number of aromatic amines is 1. The van der Waals surface area contributed by atoms with Gasteiger partial charge in [0.05, 0.1) is 35.6 Å². The second kappa shape index (κ2) is 8.40. The predicted molar refractivity (Wildman–Crippen MR) is 121 cm³/mol. The Morgan fingerprint density at radius 3 is 2.79 bits per heavy atom. The van der Waals surface area contributed by atoms with Crippen molar-refractivity contribution < 1.29 is 9.50 Å². The minimum Gasteiger partial charge on any atom is -0.387 e. The third-order valence-electron chi connectivity index (χ3n) is 5.41. The third-order valence-corrected chi connectivity index (χ3v) is 5.41. The average molecular weight is 444 g/mol. The topological polar surface area (TPSA) is 131 Å². The molecular weight excluding hydrogens is 423 g/mol. The number of aliphatic hydroxyl groups is 1. The molecule has 0 spiro atoms. The molecule has 5 aromatic rings. The number of benzene rings is 1. The van der Waals surface area contributed by atoms with Crippen LogP contribution in [0.1, 0.15) is 23.8 Å². The first kappa shape index (κ1) is 20.7. The summed E-state index contributed by atoms with van der Waals surface area (Å²) in [6.45, 7) is 0. The van der Waals surface area contributed by atoms with Crippen LogP contribution in [0.4, 0.5) is 10.3 Å². The van der Waals surface area contributed by atoms with Crippen molar-refractivity contribution >= 4 is 17.1 Å². The number of rotatable bonds is 6. The summed E-state index contributed by atoms with van der Waals surface area (Å²) >= 11 is 0. The fraction of sp³-hybridized carbons (Fsp3) is 0.174. The number of hydrogen-bond donors (Lipinski definition) is 3. The zero-order valence-electron chi connectivity index (χ0n) is 17.8. The van der Waals surface area contributed by atoms with Crippen molar-refractivity contribution in [2.24, 2.45) is 7.05 Å². The molecule has 0 bridgehead atoms. The van der Waals surface area contributed by atoms with Crippen LogP contribution in [-0.2, 0) is 13.5 Å². The molecule has 0 saturated carbocycles. The summed E-state index contributed by atoms with van der Waals surface area (Å²) < 4.78 is 15.6. The van der Waals surface area contributed by atoms with E-state index in [1.165, 1.54) is 6.07 Å². The van der Waals surface area contributed by atoms with Gasteiger partial charge in [-0.05, 0) is 30.5 Å². The van der Waals surface area contributed by atoms with Crippen molar-refractivity contribution in [2.75, 3.05) is 5.73 Å². The highest BCUT2D eigenvalue weighted by Crippen LogP contribution is 2.29. The number of fused-ring (bicyclic) bond motifs is 1. The molecule has 0 fully saturated rings. The highest BCUT2D eigenvalue weighted by Gasteiger charge is 2.17. The quantitative estimate of drug-likeness (QED) is 0.366. The van der Waals surface area contributed by atoms with Gasteiger partial charge >= 0.3 is 0 Å².